The monoisotopic (exact) mass is 709 g/mol. The molecule has 0 aliphatic carbocycles. The van der Waals surface area contributed by atoms with Crippen LogP contribution in [0.1, 0.15) is 30.5 Å². The molecule has 2 heterocycles. The maximum Gasteiger partial charge on any atom is 0.0196 e. The Bertz CT molecular complexity index is 1650. The van der Waals surface area contributed by atoms with Crippen molar-refractivity contribution in [1.29, 1.82) is 0 Å². The molecule has 1 radical (unpaired) electrons. The number of hydrogen-bond donors (Lipinski definition) is 0. The molecule has 2 nitrogen and oxygen atoms in total. The molecule has 0 aliphatic rings. The standard InChI is InChI=1S/C20H18N.C18H14N.Ir/c1-20(2,17-11-7-4-8-12-17)18-13-14-21-19(15-18)16-9-5-3-6-10-16;1-14-13-19-18(16-10-6-3-7-11-16)12-17(14)15-8-4-2-5-9-15;/h3-9,11-15H,1-2H3;2-10,12-13H,1H3;/q2*-1;. The van der Waals surface area contributed by atoms with Gasteiger partial charge in [0.2, 0.25) is 0 Å². The smallest absolute Gasteiger partial charge is 0.0196 e. The van der Waals surface area contributed by atoms with Gasteiger partial charge in [-0.25, -0.2) is 0 Å². The fraction of sp³-hybridized carbons (Fsp3) is 0.105. The Labute approximate surface area is 257 Å². The molecule has 0 unspecified atom stereocenters. The minimum absolute atomic E-state index is 0. The number of aromatic nitrogens is 2. The number of rotatable bonds is 5. The van der Waals surface area contributed by atoms with E-state index in [2.05, 4.69) is 116 Å². The van der Waals surface area contributed by atoms with Gasteiger partial charge in [0, 0.05) is 37.9 Å². The summed E-state index contributed by atoms with van der Waals surface area (Å²) >= 11 is 0. The van der Waals surface area contributed by atoms with Crippen molar-refractivity contribution in [3.05, 3.63) is 169 Å². The van der Waals surface area contributed by atoms with Gasteiger partial charge in [0.25, 0.3) is 0 Å². The van der Waals surface area contributed by atoms with E-state index in [0.717, 1.165) is 22.5 Å². The van der Waals surface area contributed by atoms with Gasteiger partial charge in [-0.2, -0.15) is 0 Å². The molecule has 41 heavy (non-hydrogen) atoms. The second-order valence-electron chi connectivity index (χ2n) is 10.2. The molecular weight excluding hydrogens is 677 g/mol. The van der Waals surface area contributed by atoms with Gasteiger partial charge in [0.15, 0.2) is 0 Å². The molecule has 0 spiro atoms. The molecule has 6 rings (SSSR count). The van der Waals surface area contributed by atoms with E-state index in [0.29, 0.717) is 0 Å². The summed E-state index contributed by atoms with van der Waals surface area (Å²) in [4.78, 5) is 8.99. The normalized spacial score (nSPS) is 10.6. The number of nitrogens with zero attached hydrogens (tertiary/aromatic N) is 2. The van der Waals surface area contributed by atoms with Gasteiger partial charge < -0.3 is 9.97 Å². The van der Waals surface area contributed by atoms with Crippen LogP contribution in [0.2, 0.25) is 0 Å². The van der Waals surface area contributed by atoms with Crippen LogP contribution in [0.25, 0.3) is 33.6 Å². The SMILES string of the molecule is CC(C)(c1ccccc1)c1ccnc(-c2[c-]cccc2)c1.Cc1cnc(-c2[c-]cccc2)cc1-c1ccccc1.[Ir]. The third-order valence-electron chi connectivity index (χ3n) is 7.14. The summed E-state index contributed by atoms with van der Waals surface area (Å²) in [6, 6.07) is 49.7. The third kappa shape index (κ3) is 7.32. The molecule has 4 aromatic carbocycles. The van der Waals surface area contributed by atoms with E-state index >= 15 is 0 Å². The van der Waals surface area contributed by atoms with E-state index in [-0.39, 0.29) is 25.5 Å². The number of benzene rings is 4. The van der Waals surface area contributed by atoms with Crippen LogP contribution in [0.5, 0.6) is 0 Å². The van der Waals surface area contributed by atoms with Gasteiger partial charge in [-0.3, -0.25) is 0 Å². The zero-order valence-corrected chi connectivity index (χ0v) is 25.9. The van der Waals surface area contributed by atoms with Crippen molar-refractivity contribution in [2.45, 2.75) is 26.2 Å². The van der Waals surface area contributed by atoms with Gasteiger partial charge in [-0.15, -0.1) is 71.8 Å². The molecule has 6 aromatic rings. The Morgan fingerprint density at radius 1 is 0.585 bits per heavy atom. The van der Waals surface area contributed by atoms with E-state index in [1.165, 1.54) is 27.8 Å². The summed E-state index contributed by atoms with van der Waals surface area (Å²) in [6.07, 6.45) is 3.81. The van der Waals surface area contributed by atoms with Gasteiger partial charge in [-0.05, 0) is 52.2 Å². The molecule has 0 aliphatic heterocycles. The first kappa shape index (κ1) is 29.8. The second kappa shape index (κ2) is 13.9. The first-order valence-corrected chi connectivity index (χ1v) is 13.5. The average molecular weight is 709 g/mol. The van der Waals surface area contributed by atoms with Gasteiger partial charge in [0.1, 0.15) is 0 Å². The first-order chi connectivity index (χ1) is 19.5. The zero-order valence-electron chi connectivity index (χ0n) is 23.5. The van der Waals surface area contributed by atoms with Crippen molar-refractivity contribution in [3.8, 4) is 33.6 Å². The van der Waals surface area contributed by atoms with Gasteiger partial charge in [-0.1, -0.05) is 86.6 Å². The van der Waals surface area contributed by atoms with Crippen molar-refractivity contribution in [2.24, 2.45) is 0 Å². The van der Waals surface area contributed by atoms with Crippen LogP contribution in [0, 0.1) is 19.1 Å². The van der Waals surface area contributed by atoms with E-state index in [4.69, 9.17) is 0 Å². The van der Waals surface area contributed by atoms with Gasteiger partial charge >= 0.3 is 0 Å². The second-order valence-corrected chi connectivity index (χ2v) is 10.2. The Morgan fingerprint density at radius 2 is 1.15 bits per heavy atom. The zero-order chi connectivity index (χ0) is 27.8. The van der Waals surface area contributed by atoms with E-state index < -0.39 is 0 Å². The largest absolute Gasteiger partial charge is 0.305 e. The number of pyridine rings is 2. The summed E-state index contributed by atoms with van der Waals surface area (Å²) in [6.45, 7) is 6.58. The Hall–Kier alpha value is -4.17. The quantitative estimate of drug-likeness (QED) is 0.167. The number of aryl methyl sites for hydroxylation is 1. The summed E-state index contributed by atoms with van der Waals surface area (Å²) in [7, 11) is 0. The molecule has 205 valence electrons. The summed E-state index contributed by atoms with van der Waals surface area (Å²) < 4.78 is 0. The molecule has 0 amide bonds. The van der Waals surface area contributed by atoms with Crippen molar-refractivity contribution >= 4 is 0 Å². The molecule has 2 aromatic heterocycles. The first-order valence-electron chi connectivity index (χ1n) is 13.5. The third-order valence-corrected chi connectivity index (χ3v) is 7.14. The molecule has 0 atom stereocenters. The minimum Gasteiger partial charge on any atom is -0.305 e. The molecule has 0 N–H and O–H groups in total. The fourth-order valence-corrected chi connectivity index (χ4v) is 4.69. The number of hydrogen-bond acceptors (Lipinski definition) is 2. The Kier molecular flexibility index (Phi) is 10.1. The average Bonchev–Trinajstić information content (AvgIpc) is 3.03. The van der Waals surface area contributed by atoms with Gasteiger partial charge in [0.05, 0.1) is 0 Å². The maximum absolute atomic E-state index is 4.50. The summed E-state index contributed by atoms with van der Waals surface area (Å²) in [5.41, 5.74) is 10.1. The topological polar surface area (TPSA) is 25.8 Å². The molecule has 3 heteroatoms. The predicted octanol–water partition coefficient (Wildman–Crippen LogP) is 9.40. The molecule has 0 saturated heterocycles. The van der Waals surface area contributed by atoms with E-state index in [1.54, 1.807) is 0 Å². The molecule has 0 bridgehead atoms. The summed E-state index contributed by atoms with van der Waals surface area (Å²) in [5.74, 6) is 0. The van der Waals surface area contributed by atoms with E-state index in [1.807, 2.05) is 67.0 Å². The predicted molar refractivity (Wildman–Crippen MR) is 166 cm³/mol. The van der Waals surface area contributed by atoms with Crippen LogP contribution in [-0.4, -0.2) is 9.97 Å². The van der Waals surface area contributed by atoms with Crippen LogP contribution in [0.4, 0.5) is 0 Å². The van der Waals surface area contributed by atoms with Crippen LogP contribution >= 0.6 is 0 Å². The van der Waals surface area contributed by atoms with Crippen LogP contribution < -0.4 is 0 Å². The van der Waals surface area contributed by atoms with Crippen LogP contribution in [0.15, 0.2) is 140 Å². The van der Waals surface area contributed by atoms with Crippen molar-refractivity contribution in [3.63, 3.8) is 0 Å². The van der Waals surface area contributed by atoms with Crippen LogP contribution in [0.3, 0.4) is 0 Å². The Balaban J connectivity index is 0.000000185. The fourth-order valence-electron chi connectivity index (χ4n) is 4.69. The van der Waals surface area contributed by atoms with Crippen molar-refractivity contribution < 1.29 is 20.1 Å². The molecule has 0 saturated carbocycles. The maximum atomic E-state index is 4.50. The van der Waals surface area contributed by atoms with Crippen molar-refractivity contribution in [2.75, 3.05) is 0 Å². The van der Waals surface area contributed by atoms with E-state index in [9.17, 15) is 0 Å². The van der Waals surface area contributed by atoms with Crippen LogP contribution in [-0.2, 0) is 25.5 Å². The minimum atomic E-state index is -0.0479. The van der Waals surface area contributed by atoms with Crippen molar-refractivity contribution in [1.82, 2.24) is 9.97 Å². The Morgan fingerprint density at radius 3 is 1.73 bits per heavy atom. The molecule has 0 fully saturated rings. The summed E-state index contributed by atoms with van der Waals surface area (Å²) in [5, 5.41) is 0. The molecular formula is C38H32IrN2-2.